The van der Waals surface area contributed by atoms with Gasteiger partial charge in [-0.1, -0.05) is 0 Å². The number of aryl methyl sites for hydroxylation is 2. The average Bonchev–Trinajstić information content (AvgIpc) is 3.85. The zero-order valence-corrected chi connectivity index (χ0v) is 32.3. The lowest BCUT2D eigenvalue weighted by atomic mass is 9.87. The number of nitrogens with zero attached hydrogens (tertiary/aromatic N) is 9. The van der Waals surface area contributed by atoms with Gasteiger partial charge in [0.2, 0.25) is 5.91 Å². The number of aromatic nitrogens is 8. The number of fused-ring (bicyclic) bond motifs is 9. The van der Waals surface area contributed by atoms with E-state index in [1.54, 1.807) is 52.2 Å². The van der Waals surface area contributed by atoms with Gasteiger partial charge < -0.3 is 20.6 Å². The quantitative estimate of drug-likeness (QED) is 0.160. The second kappa shape index (κ2) is 13.6. The first-order valence-corrected chi connectivity index (χ1v) is 21.0. The maximum absolute atomic E-state index is 13.1. The topological polar surface area (TPSA) is 168 Å². The fourth-order valence-corrected chi connectivity index (χ4v) is 11.5. The van der Waals surface area contributed by atoms with Crippen molar-refractivity contribution in [1.82, 2.24) is 44.1 Å². The number of carboxylic acid groups (broad SMARTS) is 1. The van der Waals surface area contributed by atoms with Crippen molar-refractivity contribution in [1.29, 1.82) is 0 Å². The second-order valence-corrected chi connectivity index (χ2v) is 17.7. The molecule has 8 aromatic rings. The predicted octanol–water partition coefficient (Wildman–Crippen LogP) is 6.94. The van der Waals surface area contributed by atoms with E-state index in [-0.39, 0.29) is 11.8 Å². The van der Waals surface area contributed by atoms with E-state index in [2.05, 4.69) is 51.7 Å². The van der Waals surface area contributed by atoms with E-state index in [4.69, 9.17) is 0 Å². The molecule has 4 aliphatic rings. The summed E-state index contributed by atoms with van der Waals surface area (Å²) in [6.45, 7) is 1.97. The number of hydrogen-bond acceptors (Lipinski definition) is 12. The van der Waals surface area contributed by atoms with Gasteiger partial charge in [-0.05, 0) is 104 Å². The molecule has 0 bridgehead atoms. The molecule has 1 saturated carbocycles. The Labute approximate surface area is 333 Å². The molecule has 286 valence electrons. The van der Waals surface area contributed by atoms with Crippen LogP contribution in [-0.4, -0.2) is 74.1 Å². The van der Waals surface area contributed by atoms with Crippen molar-refractivity contribution in [3.8, 4) is 0 Å². The van der Waals surface area contributed by atoms with Gasteiger partial charge in [-0.3, -0.25) is 9.59 Å². The van der Waals surface area contributed by atoms with Crippen LogP contribution in [0.25, 0.3) is 31.5 Å². The lowest BCUT2D eigenvalue weighted by Gasteiger charge is -2.27. The van der Waals surface area contributed by atoms with Crippen molar-refractivity contribution in [2.24, 2.45) is 23.7 Å². The summed E-state index contributed by atoms with van der Waals surface area (Å²) in [5, 5.41) is 26.8. The van der Waals surface area contributed by atoms with Gasteiger partial charge >= 0.3 is 5.97 Å². The fraction of sp³-hybridized carbons (Fsp3) is 0.317. The molecule has 16 heteroatoms. The zero-order chi connectivity index (χ0) is 38.2. The first kappa shape index (κ1) is 34.3. The van der Waals surface area contributed by atoms with Crippen molar-refractivity contribution in [3.63, 3.8) is 0 Å². The van der Waals surface area contributed by atoms with Crippen LogP contribution in [0.15, 0.2) is 73.8 Å². The van der Waals surface area contributed by atoms with Crippen molar-refractivity contribution in [2.45, 2.75) is 44.9 Å². The number of rotatable bonds is 6. The summed E-state index contributed by atoms with van der Waals surface area (Å²) in [7, 11) is 0. The molecule has 2 fully saturated rings. The summed E-state index contributed by atoms with van der Waals surface area (Å²) in [6, 6.07) is 12.0. The van der Waals surface area contributed by atoms with Crippen LogP contribution in [0, 0.1) is 23.7 Å². The highest BCUT2D eigenvalue weighted by atomic mass is 32.1. The SMILES string of the molecule is O=C(O)[C@H]1CCc2c(sc3ncnc(Nc4ccn5nccc5c4)c23)C1.O=C([C@H]1CCc2c(sc3ncnc(Nc4ccn5nccc5c4)c23)C1)N1CC2CC2C1. The number of aliphatic carboxylic acids is 1. The van der Waals surface area contributed by atoms with Crippen LogP contribution in [0.4, 0.5) is 23.0 Å². The van der Waals surface area contributed by atoms with Crippen LogP contribution in [0.2, 0.25) is 0 Å². The van der Waals surface area contributed by atoms with E-state index in [0.717, 1.165) is 110 Å². The van der Waals surface area contributed by atoms with E-state index in [9.17, 15) is 14.7 Å². The third-order valence-corrected chi connectivity index (χ3v) is 14.3. The number of anilines is 4. The standard InChI is InChI=1S/C23H22N6OS.C18H15N5O2S/c30-23(28-10-14-7-15(14)11-28)13-1-2-18-19(8-13)31-22-20(18)21(24-12-25-22)27-16-4-6-29-17(9-16)3-5-26-29;24-18(25)10-1-2-13-14(7-10)26-17-15(13)16(19-9-20-17)22-11-4-6-23-12(8-11)3-5-21-23/h3-6,9,12-15H,1-2,7-8,10-11H2,(H,24,25,27);3-6,8-10H,1-2,7H2,(H,24,25)(H,19,20,22)/t13-,14?,15?;10-/m00/s1. The van der Waals surface area contributed by atoms with E-state index in [1.165, 1.54) is 22.4 Å². The van der Waals surface area contributed by atoms with Gasteiger partial charge in [0.1, 0.15) is 34.0 Å². The molecule has 2 unspecified atom stereocenters. The number of hydrogen-bond donors (Lipinski definition) is 3. The summed E-state index contributed by atoms with van der Waals surface area (Å²) in [6.07, 6.45) is 16.6. The largest absolute Gasteiger partial charge is 0.481 e. The van der Waals surface area contributed by atoms with Crippen molar-refractivity contribution < 1.29 is 14.7 Å². The Balaban J connectivity index is 0.000000133. The highest BCUT2D eigenvalue weighted by molar-refractivity contribution is 7.19. The third kappa shape index (κ3) is 6.23. The molecule has 1 aliphatic heterocycles. The summed E-state index contributed by atoms with van der Waals surface area (Å²) in [4.78, 5) is 48.8. The molecule has 8 aromatic heterocycles. The van der Waals surface area contributed by atoms with Gasteiger partial charge in [0.05, 0.1) is 27.7 Å². The number of nitrogens with one attached hydrogen (secondary N) is 2. The third-order valence-electron chi connectivity index (χ3n) is 12.0. The lowest BCUT2D eigenvalue weighted by Crippen LogP contribution is -2.37. The molecule has 14 nitrogen and oxygen atoms in total. The molecular formula is C41H37N11O3S2. The van der Waals surface area contributed by atoms with Crippen LogP contribution in [0.3, 0.4) is 0 Å². The van der Waals surface area contributed by atoms with Crippen LogP contribution in [0.1, 0.15) is 40.1 Å². The molecule has 4 atom stereocenters. The van der Waals surface area contributed by atoms with E-state index in [0.29, 0.717) is 18.7 Å². The molecule has 9 heterocycles. The molecule has 0 aromatic carbocycles. The van der Waals surface area contributed by atoms with Gasteiger partial charge in [0, 0.05) is 64.9 Å². The van der Waals surface area contributed by atoms with Crippen molar-refractivity contribution in [2.75, 3.05) is 23.7 Å². The number of likely N-dealkylation sites (tertiary alicyclic amines) is 1. The monoisotopic (exact) mass is 795 g/mol. The van der Waals surface area contributed by atoms with Gasteiger partial charge in [0.25, 0.3) is 0 Å². The fourth-order valence-electron chi connectivity index (χ4n) is 8.94. The number of carbonyl (C=O) groups is 2. The Morgan fingerprint density at radius 1 is 0.702 bits per heavy atom. The summed E-state index contributed by atoms with van der Waals surface area (Å²) in [5.41, 5.74) is 6.44. The van der Waals surface area contributed by atoms with Crippen molar-refractivity contribution >= 4 is 89.0 Å². The minimum atomic E-state index is -0.716. The molecule has 1 saturated heterocycles. The van der Waals surface area contributed by atoms with Crippen LogP contribution in [-0.2, 0) is 35.3 Å². The highest BCUT2D eigenvalue weighted by Gasteiger charge is 2.47. The number of carboxylic acids is 1. The van der Waals surface area contributed by atoms with Crippen LogP contribution >= 0.6 is 22.7 Å². The molecule has 3 N–H and O–H groups in total. The molecule has 0 radical (unpaired) electrons. The minimum Gasteiger partial charge on any atom is -0.481 e. The molecule has 0 spiro atoms. The Kier molecular flexibility index (Phi) is 8.17. The van der Waals surface area contributed by atoms with Gasteiger partial charge in [-0.2, -0.15) is 10.2 Å². The van der Waals surface area contributed by atoms with Gasteiger partial charge in [-0.25, -0.2) is 29.0 Å². The van der Waals surface area contributed by atoms with E-state index in [1.807, 2.05) is 47.2 Å². The van der Waals surface area contributed by atoms with Crippen LogP contribution < -0.4 is 10.6 Å². The normalized spacial score (nSPS) is 20.9. The first-order valence-electron chi connectivity index (χ1n) is 19.3. The molecule has 1 amide bonds. The van der Waals surface area contributed by atoms with E-state index < -0.39 is 5.97 Å². The van der Waals surface area contributed by atoms with Crippen molar-refractivity contribution in [3.05, 3.63) is 94.7 Å². The Morgan fingerprint density at radius 2 is 1.23 bits per heavy atom. The van der Waals surface area contributed by atoms with E-state index >= 15 is 0 Å². The Hall–Kier alpha value is -6.00. The maximum Gasteiger partial charge on any atom is 0.306 e. The number of carbonyl (C=O) groups excluding carboxylic acids is 1. The first-order chi connectivity index (χ1) is 27.9. The average molecular weight is 796 g/mol. The number of amides is 1. The van der Waals surface area contributed by atoms with Gasteiger partial charge in [-0.15, -0.1) is 22.7 Å². The summed E-state index contributed by atoms with van der Waals surface area (Å²) in [5.74, 6) is 2.66. The summed E-state index contributed by atoms with van der Waals surface area (Å²) < 4.78 is 3.65. The Bertz CT molecular complexity index is 2870. The Morgan fingerprint density at radius 3 is 1.77 bits per heavy atom. The minimum absolute atomic E-state index is 0.117. The smallest absolute Gasteiger partial charge is 0.306 e. The lowest BCUT2D eigenvalue weighted by molar-refractivity contribution is -0.142. The number of thiophene rings is 2. The zero-order valence-electron chi connectivity index (χ0n) is 30.7. The molecule has 12 rings (SSSR count). The highest BCUT2D eigenvalue weighted by Crippen LogP contribution is 2.47. The maximum atomic E-state index is 13.1. The number of pyridine rings is 2. The molecular weight excluding hydrogens is 759 g/mol. The molecule has 3 aliphatic carbocycles. The van der Waals surface area contributed by atoms with Gasteiger partial charge in [0.15, 0.2) is 0 Å². The second-order valence-electron chi connectivity index (χ2n) is 15.5. The van der Waals surface area contributed by atoms with Crippen LogP contribution in [0.5, 0.6) is 0 Å². The molecule has 57 heavy (non-hydrogen) atoms. The number of piperidine rings is 1. The summed E-state index contributed by atoms with van der Waals surface area (Å²) >= 11 is 3.31. The predicted molar refractivity (Wildman–Crippen MR) is 219 cm³/mol.